The number of rotatable bonds is 7. The van der Waals surface area contributed by atoms with E-state index in [1.807, 2.05) is 41.0 Å². The number of amides is 1. The van der Waals surface area contributed by atoms with Crippen molar-refractivity contribution in [3.05, 3.63) is 79.4 Å². The Labute approximate surface area is 233 Å². The molecule has 2 aromatic heterocycles. The van der Waals surface area contributed by atoms with Crippen LogP contribution in [-0.4, -0.2) is 69.3 Å². The zero-order valence-electron chi connectivity index (χ0n) is 22.1. The van der Waals surface area contributed by atoms with E-state index in [-0.39, 0.29) is 18.0 Å². The first-order valence-corrected chi connectivity index (χ1v) is 13.4. The minimum absolute atomic E-state index is 0.0883. The van der Waals surface area contributed by atoms with E-state index in [1.54, 1.807) is 26.3 Å². The van der Waals surface area contributed by atoms with Gasteiger partial charge >= 0.3 is 5.69 Å². The lowest BCUT2D eigenvalue weighted by molar-refractivity contribution is -0.117. The Hall–Kier alpha value is -3.90. The molecule has 12 heteroatoms. The maximum absolute atomic E-state index is 13.2. The second-order valence-electron chi connectivity index (χ2n) is 9.54. The second-order valence-corrected chi connectivity index (χ2v) is 10.5. The lowest BCUT2D eigenvalue weighted by Gasteiger charge is -2.35. The molecule has 1 saturated heterocycles. The van der Waals surface area contributed by atoms with Crippen LogP contribution in [0.4, 0.5) is 11.6 Å². The summed E-state index contributed by atoms with van der Waals surface area (Å²) in [5.74, 6) is 1.27. The van der Waals surface area contributed by atoms with Gasteiger partial charge in [-0.15, -0.1) is 0 Å². The van der Waals surface area contributed by atoms with Gasteiger partial charge in [-0.05, 0) is 42.0 Å². The molecule has 11 nitrogen and oxygen atoms in total. The molecule has 1 N–H and O–H groups in total. The van der Waals surface area contributed by atoms with Crippen LogP contribution in [-0.2, 0) is 25.4 Å². The molecule has 0 aliphatic carbocycles. The third-order valence-electron chi connectivity index (χ3n) is 6.98. The summed E-state index contributed by atoms with van der Waals surface area (Å²) >= 11 is 3.47. The molecule has 2 aromatic carbocycles. The van der Waals surface area contributed by atoms with Crippen LogP contribution >= 0.6 is 15.9 Å². The molecule has 0 bridgehead atoms. The third-order valence-corrected chi connectivity index (χ3v) is 7.51. The van der Waals surface area contributed by atoms with Crippen molar-refractivity contribution in [1.82, 2.24) is 23.6 Å². The first kappa shape index (κ1) is 26.7. The second kappa shape index (κ2) is 11.1. The lowest BCUT2D eigenvalue weighted by Crippen LogP contribution is -2.49. The number of nitrogens with one attached hydrogen (secondary N) is 1. The zero-order valence-corrected chi connectivity index (χ0v) is 23.6. The van der Waals surface area contributed by atoms with E-state index in [2.05, 4.69) is 31.0 Å². The Morgan fingerprint density at radius 1 is 0.974 bits per heavy atom. The normalized spacial score (nSPS) is 14.1. The van der Waals surface area contributed by atoms with Crippen molar-refractivity contribution in [2.24, 2.45) is 14.1 Å². The van der Waals surface area contributed by atoms with Gasteiger partial charge in [-0.1, -0.05) is 28.1 Å². The molecule has 204 valence electrons. The molecule has 4 aromatic rings. The number of hydrogen-bond donors (Lipinski definition) is 1. The number of ether oxygens (including phenoxy) is 1. The minimum Gasteiger partial charge on any atom is -0.497 e. The van der Waals surface area contributed by atoms with Gasteiger partial charge in [0.05, 0.1) is 20.2 Å². The molecule has 39 heavy (non-hydrogen) atoms. The number of nitrogens with zero attached hydrogens (tertiary/aromatic N) is 6. The number of imidazole rings is 1. The van der Waals surface area contributed by atoms with Gasteiger partial charge in [-0.3, -0.25) is 28.2 Å². The quantitative estimate of drug-likeness (QED) is 0.348. The van der Waals surface area contributed by atoms with Gasteiger partial charge in [0.25, 0.3) is 5.56 Å². The Balaban J connectivity index is 1.36. The molecule has 5 rings (SSSR count). The average Bonchev–Trinajstić information content (AvgIpc) is 3.32. The van der Waals surface area contributed by atoms with E-state index in [1.165, 1.54) is 11.6 Å². The number of carbonyl (C=O) groups excluding carboxylic acids is 1. The molecule has 1 aliphatic rings. The number of halogens is 1. The molecule has 0 atom stereocenters. The summed E-state index contributed by atoms with van der Waals surface area (Å²) in [6, 6.07) is 15.1. The monoisotopic (exact) mass is 595 g/mol. The van der Waals surface area contributed by atoms with Crippen molar-refractivity contribution in [2.45, 2.75) is 6.54 Å². The number of aromatic nitrogens is 4. The van der Waals surface area contributed by atoms with Crippen LogP contribution in [0.5, 0.6) is 5.75 Å². The molecular formula is C27H30BrN7O4. The fourth-order valence-electron chi connectivity index (χ4n) is 4.78. The number of carbonyl (C=O) groups is 1. The van der Waals surface area contributed by atoms with E-state index >= 15 is 0 Å². The highest BCUT2D eigenvalue weighted by molar-refractivity contribution is 9.10. The Bertz CT molecular complexity index is 1620. The van der Waals surface area contributed by atoms with E-state index in [0.29, 0.717) is 55.5 Å². The van der Waals surface area contributed by atoms with Crippen molar-refractivity contribution in [1.29, 1.82) is 0 Å². The highest BCUT2D eigenvalue weighted by Crippen LogP contribution is 2.23. The largest absolute Gasteiger partial charge is 0.497 e. The van der Waals surface area contributed by atoms with Gasteiger partial charge in [-0.2, -0.15) is 4.98 Å². The molecule has 0 saturated carbocycles. The molecule has 1 fully saturated rings. The Kier molecular flexibility index (Phi) is 7.58. The van der Waals surface area contributed by atoms with Gasteiger partial charge < -0.3 is 15.0 Å². The maximum Gasteiger partial charge on any atom is 0.332 e. The lowest BCUT2D eigenvalue weighted by atomic mass is 10.2. The molecule has 0 unspecified atom stereocenters. The number of piperazine rings is 1. The van der Waals surface area contributed by atoms with Crippen molar-refractivity contribution in [3.8, 4) is 5.75 Å². The van der Waals surface area contributed by atoms with Crippen molar-refractivity contribution in [3.63, 3.8) is 0 Å². The summed E-state index contributed by atoms with van der Waals surface area (Å²) in [4.78, 5) is 47.5. The van der Waals surface area contributed by atoms with Crippen molar-refractivity contribution < 1.29 is 9.53 Å². The van der Waals surface area contributed by atoms with Crippen molar-refractivity contribution in [2.75, 3.05) is 50.1 Å². The number of anilines is 2. The van der Waals surface area contributed by atoms with Gasteiger partial charge in [0.1, 0.15) is 5.75 Å². The number of hydrogen-bond acceptors (Lipinski definition) is 7. The van der Waals surface area contributed by atoms with E-state index in [4.69, 9.17) is 9.72 Å². The molecule has 0 spiro atoms. The van der Waals surface area contributed by atoms with Crippen LogP contribution in [0.1, 0.15) is 5.56 Å². The van der Waals surface area contributed by atoms with Crippen LogP contribution in [0, 0.1) is 0 Å². The predicted molar refractivity (Wildman–Crippen MR) is 154 cm³/mol. The summed E-state index contributed by atoms with van der Waals surface area (Å²) in [5, 5.41) is 2.93. The molecule has 1 aliphatic heterocycles. The van der Waals surface area contributed by atoms with E-state index in [9.17, 15) is 14.4 Å². The van der Waals surface area contributed by atoms with E-state index < -0.39 is 5.69 Å². The van der Waals surface area contributed by atoms with Crippen molar-refractivity contribution >= 4 is 44.6 Å². The number of methoxy groups -OCH3 is 1. The van der Waals surface area contributed by atoms with Crippen LogP contribution in [0.25, 0.3) is 11.2 Å². The highest BCUT2D eigenvalue weighted by atomic mass is 79.9. The Morgan fingerprint density at radius 3 is 2.28 bits per heavy atom. The summed E-state index contributed by atoms with van der Waals surface area (Å²) < 4.78 is 10.6. The van der Waals surface area contributed by atoms with Gasteiger partial charge in [0.15, 0.2) is 11.2 Å². The average molecular weight is 596 g/mol. The molecule has 0 radical (unpaired) electrons. The number of benzene rings is 2. The summed E-state index contributed by atoms with van der Waals surface area (Å²) in [6.45, 7) is 3.23. The Morgan fingerprint density at radius 2 is 1.64 bits per heavy atom. The van der Waals surface area contributed by atoms with Gasteiger partial charge in [0.2, 0.25) is 11.9 Å². The van der Waals surface area contributed by atoms with Crippen LogP contribution in [0.2, 0.25) is 0 Å². The highest BCUT2D eigenvalue weighted by Gasteiger charge is 2.26. The van der Waals surface area contributed by atoms with Crippen LogP contribution in [0.3, 0.4) is 0 Å². The number of fused-ring (bicyclic) bond motifs is 1. The minimum atomic E-state index is -0.417. The van der Waals surface area contributed by atoms with Gasteiger partial charge in [0, 0.05) is 50.4 Å². The topological polar surface area (TPSA) is 107 Å². The predicted octanol–water partition coefficient (Wildman–Crippen LogP) is 2.01. The summed E-state index contributed by atoms with van der Waals surface area (Å²) in [5.41, 5.74) is 1.67. The summed E-state index contributed by atoms with van der Waals surface area (Å²) in [7, 11) is 4.71. The molecule has 3 heterocycles. The maximum atomic E-state index is 13.2. The van der Waals surface area contributed by atoms with Crippen LogP contribution < -0.4 is 26.2 Å². The first-order valence-electron chi connectivity index (χ1n) is 12.6. The first-order chi connectivity index (χ1) is 18.7. The SMILES string of the molecule is COc1ccc(NC(=O)CN2CCN(c3nc4c(c(=O)n(C)c(=O)n4C)n3Cc3ccc(Br)cc3)CC2)cc1. The smallest absolute Gasteiger partial charge is 0.332 e. The molecule has 1 amide bonds. The fourth-order valence-corrected chi connectivity index (χ4v) is 5.05. The zero-order chi connectivity index (χ0) is 27.7. The summed E-state index contributed by atoms with van der Waals surface area (Å²) in [6.07, 6.45) is 0. The van der Waals surface area contributed by atoms with Crippen LogP contribution in [0.15, 0.2) is 62.6 Å². The van der Waals surface area contributed by atoms with Gasteiger partial charge in [-0.25, -0.2) is 4.79 Å². The molecular weight excluding hydrogens is 566 g/mol. The van der Waals surface area contributed by atoms with E-state index in [0.717, 1.165) is 20.4 Å². The number of aryl methyl sites for hydroxylation is 1. The standard InChI is InChI=1S/C27H30BrN7O4/c1-31-24-23(25(37)32(2)27(31)38)35(16-18-4-6-19(28)7-5-18)26(30-24)34-14-12-33(13-15-34)17-22(36)29-20-8-10-21(39-3)11-9-20/h4-11H,12-17H2,1-3H3,(H,29,36). The fraction of sp³-hybridized carbons (Fsp3) is 0.333. The third kappa shape index (κ3) is 5.48.